The van der Waals surface area contributed by atoms with Crippen LogP contribution in [0.4, 0.5) is 0 Å². The van der Waals surface area contributed by atoms with Gasteiger partial charge in [0.15, 0.2) is 6.61 Å². The molecule has 2 amide bonds. The Bertz CT molecular complexity index is 1310. The van der Waals surface area contributed by atoms with E-state index in [1.165, 1.54) is 0 Å². The van der Waals surface area contributed by atoms with Gasteiger partial charge in [-0.05, 0) is 36.4 Å². The maximum absolute atomic E-state index is 13.7. The van der Waals surface area contributed by atoms with Crippen LogP contribution >= 0.6 is 0 Å². The number of benzene rings is 4. The van der Waals surface area contributed by atoms with Gasteiger partial charge in [-0.15, -0.1) is 0 Å². The van der Waals surface area contributed by atoms with Crippen LogP contribution in [-0.4, -0.2) is 35.9 Å². The standard InChI is InChI=1S/C31H32N2O3/c1-3-32-31(35)28(20-24-12-5-4-6-13-24)33(21-25-14-9-11-23(2)19-25)30(34)22-36-29-18-10-16-26-15-7-8-17-27(26)29/h4-19,28H,3,20-22H2,1-2H3,(H,32,35)/t28-/m1/s1. The maximum Gasteiger partial charge on any atom is 0.261 e. The van der Waals surface area contributed by atoms with Gasteiger partial charge in [0.2, 0.25) is 5.91 Å². The number of nitrogens with one attached hydrogen (secondary N) is 1. The van der Waals surface area contributed by atoms with Crippen LogP contribution in [0.1, 0.15) is 23.6 Å². The highest BCUT2D eigenvalue weighted by atomic mass is 16.5. The number of hydrogen-bond acceptors (Lipinski definition) is 3. The number of nitrogens with zero attached hydrogens (tertiary/aromatic N) is 1. The van der Waals surface area contributed by atoms with Crippen molar-refractivity contribution >= 4 is 22.6 Å². The Morgan fingerprint density at radius 3 is 2.33 bits per heavy atom. The second-order valence-corrected chi connectivity index (χ2v) is 8.88. The Labute approximate surface area is 212 Å². The topological polar surface area (TPSA) is 58.6 Å². The highest BCUT2D eigenvalue weighted by molar-refractivity contribution is 5.90. The van der Waals surface area contributed by atoms with Crippen LogP contribution in [0.15, 0.2) is 97.1 Å². The summed E-state index contributed by atoms with van der Waals surface area (Å²) >= 11 is 0. The molecule has 0 saturated carbocycles. The van der Waals surface area contributed by atoms with Crippen molar-refractivity contribution in [3.8, 4) is 5.75 Å². The molecule has 0 fully saturated rings. The SMILES string of the molecule is CCNC(=O)[C@@H](Cc1ccccc1)N(Cc1cccc(C)c1)C(=O)COc1cccc2ccccc12. The lowest BCUT2D eigenvalue weighted by atomic mass is 10.0. The van der Waals surface area contributed by atoms with E-state index in [1.54, 1.807) is 4.90 Å². The lowest BCUT2D eigenvalue weighted by Gasteiger charge is -2.31. The van der Waals surface area contributed by atoms with Gasteiger partial charge >= 0.3 is 0 Å². The van der Waals surface area contributed by atoms with Crippen LogP contribution in [0.2, 0.25) is 0 Å². The van der Waals surface area contributed by atoms with E-state index in [4.69, 9.17) is 4.74 Å². The summed E-state index contributed by atoms with van der Waals surface area (Å²) in [4.78, 5) is 28.6. The molecule has 36 heavy (non-hydrogen) atoms. The first-order valence-electron chi connectivity index (χ1n) is 12.3. The van der Waals surface area contributed by atoms with Crippen LogP contribution in [0.25, 0.3) is 10.8 Å². The summed E-state index contributed by atoms with van der Waals surface area (Å²) in [6.07, 6.45) is 0.415. The Morgan fingerprint density at radius 1 is 0.861 bits per heavy atom. The Hall–Kier alpha value is -4.12. The van der Waals surface area contributed by atoms with Gasteiger partial charge in [0.1, 0.15) is 11.8 Å². The Balaban J connectivity index is 1.63. The predicted molar refractivity (Wildman–Crippen MR) is 144 cm³/mol. The molecule has 5 heteroatoms. The van der Waals surface area contributed by atoms with Gasteiger partial charge in [0.25, 0.3) is 5.91 Å². The Kier molecular flexibility index (Phi) is 8.35. The van der Waals surface area contributed by atoms with Crippen molar-refractivity contribution < 1.29 is 14.3 Å². The molecular formula is C31H32N2O3. The Morgan fingerprint density at radius 2 is 1.56 bits per heavy atom. The number of carbonyl (C=O) groups excluding carboxylic acids is 2. The number of hydrogen-bond donors (Lipinski definition) is 1. The summed E-state index contributed by atoms with van der Waals surface area (Å²) in [6.45, 7) is 4.54. The minimum Gasteiger partial charge on any atom is -0.483 e. The molecule has 184 valence electrons. The zero-order valence-electron chi connectivity index (χ0n) is 20.8. The molecule has 0 bridgehead atoms. The molecule has 0 aliphatic rings. The van der Waals surface area contributed by atoms with E-state index < -0.39 is 6.04 Å². The first-order chi connectivity index (χ1) is 17.5. The van der Waals surface area contributed by atoms with E-state index in [0.29, 0.717) is 25.3 Å². The van der Waals surface area contributed by atoms with Crippen molar-refractivity contribution in [2.75, 3.05) is 13.2 Å². The minimum atomic E-state index is -0.670. The molecular weight excluding hydrogens is 448 g/mol. The summed E-state index contributed by atoms with van der Waals surface area (Å²) < 4.78 is 6.04. The van der Waals surface area contributed by atoms with E-state index in [1.807, 2.05) is 111 Å². The van der Waals surface area contributed by atoms with E-state index >= 15 is 0 Å². The molecule has 0 aliphatic carbocycles. The number of ether oxygens (including phenoxy) is 1. The third kappa shape index (κ3) is 6.30. The monoisotopic (exact) mass is 480 g/mol. The smallest absolute Gasteiger partial charge is 0.261 e. The summed E-state index contributed by atoms with van der Waals surface area (Å²) in [5, 5.41) is 4.91. The lowest BCUT2D eigenvalue weighted by molar-refractivity contribution is -0.142. The molecule has 4 aromatic rings. The zero-order chi connectivity index (χ0) is 25.3. The number of likely N-dealkylation sites (N-methyl/N-ethyl adjacent to an activating group) is 1. The third-order valence-corrected chi connectivity index (χ3v) is 6.16. The fraction of sp³-hybridized carbons (Fsp3) is 0.226. The first kappa shape index (κ1) is 25.0. The second-order valence-electron chi connectivity index (χ2n) is 8.88. The highest BCUT2D eigenvalue weighted by Crippen LogP contribution is 2.25. The van der Waals surface area contributed by atoms with Crippen LogP contribution < -0.4 is 10.1 Å². The number of aryl methyl sites for hydroxylation is 1. The fourth-order valence-corrected chi connectivity index (χ4v) is 4.40. The fourth-order valence-electron chi connectivity index (χ4n) is 4.40. The molecule has 0 radical (unpaired) electrons. The molecule has 0 spiro atoms. The van der Waals surface area contributed by atoms with Gasteiger partial charge in [-0.2, -0.15) is 0 Å². The number of fused-ring (bicyclic) bond motifs is 1. The predicted octanol–water partition coefficient (Wildman–Crippen LogP) is 5.30. The van der Waals surface area contributed by atoms with Gasteiger partial charge < -0.3 is 15.0 Å². The van der Waals surface area contributed by atoms with Gasteiger partial charge in [0.05, 0.1) is 0 Å². The van der Waals surface area contributed by atoms with Crippen LogP contribution in [0, 0.1) is 6.92 Å². The van der Waals surface area contributed by atoms with Crippen LogP contribution in [0.3, 0.4) is 0 Å². The van der Waals surface area contributed by atoms with Crippen molar-refractivity contribution in [1.82, 2.24) is 10.2 Å². The van der Waals surface area contributed by atoms with Crippen LogP contribution in [-0.2, 0) is 22.6 Å². The summed E-state index contributed by atoms with van der Waals surface area (Å²) in [6, 6.07) is 30.9. The van der Waals surface area contributed by atoms with Crippen molar-refractivity contribution in [3.63, 3.8) is 0 Å². The molecule has 1 N–H and O–H groups in total. The van der Waals surface area contributed by atoms with Gasteiger partial charge in [0, 0.05) is 24.9 Å². The average molecular weight is 481 g/mol. The van der Waals surface area contributed by atoms with E-state index in [-0.39, 0.29) is 18.4 Å². The summed E-state index contributed by atoms with van der Waals surface area (Å²) in [5.41, 5.74) is 3.06. The maximum atomic E-state index is 13.7. The van der Waals surface area contributed by atoms with Crippen molar-refractivity contribution in [2.24, 2.45) is 0 Å². The largest absolute Gasteiger partial charge is 0.483 e. The number of carbonyl (C=O) groups is 2. The zero-order valence-corrected chi connectivity index (χ0v) is 20.8. The molecule has 4 rings (SSSR count). The number of rotatable bonds is 10. The molecule has 0 unspecified atom stereocenters. The van der Waals surface area contributed by atoms with Gasteiger partial charge in [-0.1, -0.05) is 96.6 Å². The van der Waals surface area contributed by atoms with Crippen molar-refractivity contribution in [3.05, 3.63) is 114 Å². The number of amides is 2. The third-order valence-electron chi connectivity index (χ3n) is 6.16. The summed E-state index contributed by atoms with van der Waals surface area (Å²) in [7, 11) is 0. The summed E-state index contributed by atoms with van der Waals surface area (Å²) in [5.74, 6) is 0.235. The lowest BCUT2D eigenvalue weighted by Crippen LogP contribution is -2.51. The van der Waals surface area contributed by atoms with E-state index in [2.05, 4.69) is 5.32 Å². The molecule has 4 aromatic carbocycles. The quantitative estimate of drug-likeness (QED) is 0.335. The molecule has 0 heterocycles. The van der Waals surface area contributed by atoms with E-state index in [9.17, 15) is 9.59 Å². The van der Waals surface area contributed by atoms with E-state index in [0.717, 1.165) is 27.5 Å². The second kappa shape index (κ2) is 12.0. The molecule has 0 aromatic heterocycles. The van der Waals surface area contributed by atoms with Crippen LogP contribution in [0.5, 0.6) is 5.75 Å². The normalized spacial score (nSPS) is 11.6. The van der Waals surface area contributed by atoms with Gasteiger partial charge in [-0.25, -0.2) is 0 Å². The first-order valence-corrected chi connectivity index (χ1v) is 12.3. The van der Waals surface area contributed by atoms with Crippen molar-refractivity contribution in [1.29, 1.82) is 0 Å². The average Bonchev–Trinajstić information content (AvgIpc) is 2.90. The van der Waals surface area contributed by atoms with Crippen molar-refractivity contribution in [2.45, 2.75) is 32.9 Å². The molecule has 1 atom stereocenters. The molecule has 0 aliphatic heterocycles. The molecule has 0 saturated heterocycles. The minimum absolute atomic E-state index is 0.162. The highest BCUT2D eigenvalue weighted by Gasteiger charge is 2.30. The van der Waals surface area contributed by atoms with Gasteiger partial charge in [-0.3, -0.25) is 9.59 Å². The molecule has 5 nitrogen and oxygen atoms in total.